The van der Waals surface area contributed by atoms with Crippen LogP contribution in [0.4, 0.5) is 8.78 Å². The molecule has 2 rings (SSSR count). The van der Waals surface area contributed by atoms with E-state index in [9.17, 15) is 13.6 Å². The van der Waals surface area contributed by atoms with Crippen molar-refractivity contribution in [3.63, 3.8) is 0 Å². The van der Waals surface area contributed by atoms with E-state index in [2.05, 4.69) is 6.58 Å². The molecule has 0 N–H and O–H groups in total. The highest BCUT2D eigenvalue weighted by Gasteiger charge is 2.19. The summed E-state index contributed by atoms with van der Waals surface area (Å²) in [6.45, 7) is 3.43. The van der Waals surface area contributed by atoms with E-state index in [1.54, 1.807) is 12.1 Å². The number of allylic oxidation sites excluding steroid dienone is 1. The first-order valence-electron chi connectivity index (χ1n) is 5.60. The lowest BCUT2D eigenvalue weighted by Gasteiger charge is -2.08. The molecule has 2 aromatic rings. The van der Waals surface area contributed by atoms with Gasteiger partial charge in [-0.3, -0.25) is 4.79 Å². The lowest BCUT2D eigenvalue weighted by atomic mass is 10.1. The second kappa shape index (κ2) is 5.84. The third-order valence-electron chi connectivity index (χ3n) is 2.50. The Kier molecular flexibility index (Phi) is 4.15. The maximum atomic E-state index is 13.5. The van der Waals surface area contributed by atoms with Gasteiger partial charge in [-0.05, 0) is 36.4 Å². The quantitative estimate of drug-likeness (QED) is 0.475. The predicted molar refractivity (Wildman–Crippen MR) is 71.9 cm³/mol. The molecule has 0 bridgehead atoms. The minimum Gasteiger partial charge on any atom is -0.454 e. The van der Waals surface area contributed by atoms with Crippen LogP contribution in [0.1, 0.15) is 10.4 Å². The van der Waals surface area contributed by atoms with Gasteiger partial charge >= 0.3 is 0 Å². The summed E-state index contributed by atoms with van der Waals surface area (Å²) in [5, 5.41) is 0.505. The van der Waals surface area contributed by atoms with Gasteiger partial charge in [0.15, 0.2) is 17.4 Å². The Balaban J connectivity index is 2.19. The van der Waals surface area contributed by atoms with Crippen LogP contribution in [0.5, 0.6) is 5.75 Å². The summed E-state index contributed by atoms with van der Waals surface area (Å²) in [7, 11) is 0. The lowest BCUT2D eigenvalue weighted by Crippen LogP contribution is -2.11. The summed E-state index contributed by atoms with van der Waals surface area (Å²) in [5.41, 5.74) is -0.427. The van der Waals surface area contributed by atoms with E-state index in [1.807, 2.05) is 0 Å². The molecule has 102 valence electrons. The Hall–Kier alpha value is -2.20. The number of hydrogen-bond acceptors (Lipinski definition) is 2. The van der Waals surface area contributed by atoms with Gasteiger partial charge in [0.2, 0.25) is 5.78 Å². The highest BCUT2D eigenvalue weighted by Crippen LogP contribution is 2.20. The molecule has 0 unspecified atom stereocenters. The van der Waals surface area contributed by atoms with Crippen LogP contribution in [0.15, 0.2) is 54.8 Å². The fraction of sp³-hybridized carbons (Fsp3) is 0. The van der Waals surface area contributed by atoms with Crippen LogP contribution in [0.2, 0.25) is 5.02 Å². The number of hydrogen-bond donors (Lipinski definition) is 0. The number of halogens is 3. The van der Waals surface area contributed by atoms with Crippen LogP contribution in [0, 0.1) is 11.6 Å². The van der Waals surface area contributed by atoms with Gasteiger partial charge in [-0.25, -0.2) is 8.78 Å². The minimum absolute atomic E-state index is 0.308. The van der Waals surface area contributed by atoms with Crippen LogP contribution in [0.25, 0.3) is 0 Å². The molecule has 0 radical (unpaired) electrons. The number of rotatable bonds is 4. The fourth-order valence-electron chi connectivity index (χ4n) is 1.52. The van der Waals surface area contributed by atoms with E-state index in [0.29, 0.717) is 10.8 Å². The average molecular weight is 295 g/mol. The summed E-state index contributed by atoms with van der Waals surface area (Å²) in [6.07, 6.45) is 0. The maximum Gasteiger partial charge on any atom is 0.230 e. The topological polar surface area (TPSA) is 26.3 Å². The number of ketones is 1. The Morgan fingerprint density at radius 2 is 1.75 bits per heavy atom. The molecular formula is C15H9ClF2O2. The standard InChI is InChI=1S/C15H9ClF2O2/c1-9(20-11-7-5-10(16)6-8-11)15(19)12-3-2-4-13(17)14(12)18/h2-8H,1H2. The molecule has 0 aromatic heterocycles. The molecule has 0 saturated carbocycles. The van der Waals surface area contributed by atoms with Gasteiger partial charge in [0.05, 0.1) is 5.56 Å². The van der Waals surface area contributed by atoms with Crippen LogP contribution < -0.4 is 4.74 Å². The molecule has 0 amide bonds. The zero-order chi connectivity index (χ0) is 14.7. The zero-order valence-corrected chi connectivity index (χ0v) is 11.0. The Bertz CT molecular complexity index is 666. The fourth-order valence-corrected chi connectivity index (χ4v) is 1.65. The first-order valence-corrected chi connectivity index (χ1v) is 5.98. The van der Waals surface area contributed by atoms with Crippen LogP contribution in [-0.2, 0) is 0 Å². The van der Waals surface area contributed by atoms with Crippen molar-refractivity contribution in [1.82, 2.24) is 0 Å². The smallest absolute Gasteiger partial charge is 0.230 e. The molecule has 2 aromatic carbocycles. The van der Waals surface area contributed by atoms with Gasteiger partial charge in [0.1, 0.15) is 5.75 Å². The number of benzene rings is 2. The van der Waals surface area contributed by atoms with Crippen molar-refractivity contribution in [2.45, 2.75) is 0 Å². The third kappa shape index (κ3) is 3.03. The van der Waals surface area contributed by atoms with E-state index >= 15 is 0 Å². The molecule has 20 heavy (non-hydrogen) atoms. The zero-order valence-electron chi connectivity index (χ0n) is 10.2. The summed E-state index contributed by atoms with van der Waals surface area (Å²) in [5.74, 6) is -3.13. The van der Waals surface area contributed by atoms with Crippen LogP contribution >= 0.6 is 11.6 Å². The highest BCUT2D eigenvalue weighted by atomic mass is 35.5. The van der Waals surface area contributed by atoms with E-state index in [4.69, 9.17) is 16.3 Å². The first kappa shape index (κ1) is 14.2. The predicted octanol–water partition coefficient (Wildman–Crippen LogP) is 4.39. The van der Waals surface area contributed by atoms with E-state index in [1.165, 1.54) is 18.2 Å². The molecular weight excluding hydrogens is 286 g/mol. The number of carbonyl (C=O) groups excluding carboxylic acids is 1. The first-order chi connectivity index (χ1) is 9.49. The average Bonchev–Trinajstić information content (AvgIpc) is 2.43. The number of Topliss-reactive ketones (excluding diaryl/α,β-unsaturated/α-hetero) is 1. The Morgan fingerprint density at radius 3 is 2.40 bits per heavy atom. The second-order valence-electron chi connectivity index (χ2n) is 3.91. The van der Waals surface area contributed by atoms with E-state index < -0.39 is 23.0 Å². The number of ether oxygens (including phenoxy) is 1. The van der Waals surface area contributed by atoms with Crippen molar-refractivity contribution in [3.05, 3.63) is 77.0 Å². The van der Waals surface area contributed by atoms with Gasteiger partial charge < -0.3 is 4.74 Å². The number of carbonyl (C=O) groups is 1. The van der Waals surface area contributed by atoms with Crippen molar-refractivity contribution in [3.8, 4) is 5.75 Å². The molecule has 0 fully saturated rings. The lowest BCUT2D eigenvalue weighted by molar-refractivity contribution is 0.0982. The summed E-state index contributed by atoms with van der Waals surface area (Å²) < 4.78 is 31.7. The second-order valence-corrected chi connectivity index (χ2v) is 4.35. The van der Waals surface area contributed by atoms with Crippen molar-refractivity contribution in [2.75, 3.05) is 0 Å². The van der Waals surface area contributed by atoms with E-state index in [0.717, 1.165) is 12.1 Å². The normalized spacial score (nSPS) is 10.2. The SMILES string of the molecule is C=C(Oc1ccc(Cl)cc1)C(=O)c1cccc(F)c1F. The van der Waals surface area contributed by atoms with Crippen LogP contribution in [-0.4, -0.2) is 5.78 Å². The monoisotopic (exact) mass is 294 g/mol. The van der Waals surface area contributed by atoms with Crippen LogP contribution in [0.3, 0.4) is 0 Å². The molecule has 0 aliphatic carbocycles. The summed E-state index contributed by atoms with van der Waals surface area (Å²) >= 11 is 5.71. The van der Waals surface area contributed by atoms with Crippen molar-refractivity contribution >= 4 is 17.4 Å². The Morgan fingerprint density at radius 1 is 1.10 bits per heavy atom. The van der Waals surface area contributed by atoms with Crippen molar-refractivity contribution < 1.29 is 18.3 Å². The Labute approximate surface area is 119 Å². The summed E-state index contributed by atoms with van der Waals surface area (Å²) in [6, 6.07) is 9.52. The van der Waals surface area contributed by atoms with Gasteiger partial charge in [-0.1, -0.05) is 24.2 Å². The van der Waals surface area contributed by atoms with Crippen molar-refractivity contribution in [2.24, 2.45) is 0 Å². The third-order valence-corrected chi connectivity index (χ3v) is 2.76. The minimum atomic E-state index is -1.22. The van der Waals surface area contributed by atoms with Gasteiger partial charge in [0, 0.05) is 5.02 Å². The largest absolute Gasteiger partial charge is 0.454 e. The maximum absolute atomic E-state index is 13.5. The van der Waals surface area contributed by atoms with Gasteiger partial charge in [0.25, 0.3) is 0 Å². The molecule has 0 aliphatic rings. The molecule has 0 heterocycles. The van der Waals surface area contributed by atoms with Crippen molar-refractivity contribution in [1.29, 1.82) is 0 Å². The summed E-state index contributed by atoms with van der Waals surface area (Å²) in [4.78, 5) is 11.9. The molecule has 0 saturated heterocycles. The molecule has 0 spiro atoms. The van der Waals surface area contributed by atoms with Gasteiger partial charge in [-0.15, -0.1) is 0 Å². The molecule has 5 heteroatoms. The molecule has 0 atom stereocenters. The highest BCUT2D eigenvalue weighted by molar-refractivity contribution is 6.30. The molecule has 2 nitrogen and oxygen atoms in total. The van der Waals surface area contributed by atoms with Gasteiger partial charge in [-0.2, -0.15) is 0 Å². The molecule has 0 aliphatic heterocycles. The van der Waals surface area contributed by atoms with E-state index in [-0.39, 0.29) is 5.76 Å².